The van der Waals surface area contributed by atoms with Gasteiger partial charge in [0.1, 0.15) is 5.82 Å². The quantitative estimate of drug-likeness (QED) is 0.856. The maximum absolute atomic E-state index is 12.9. The van der Waals surface area contributed by atoms with E-state index in [1.54, 1.807) is 0 Å². The van der Waals surface area contributed by atoms with Crippen molar-refractivity contribution in [3.8, 4) is 0 Å². The van der Waals surface area contributed by atoms with Gasteiger partial charge in [-0.1, -0.05) is 29.8 Å². The van der Waals surface area contributed by atoms with Crippen molar-refractivity contribution in [3.05, 3.63) is 70.0 Å². The first-order valence-electron chi connectivity index (χ1n) is 7.03. The number of nitrogens with one attached hydrogen (secondary N) is 1. The third kappa shape index (κ3) is 3.45. The molecule has 0 aliphatic carbocycles. The molecule has 2 aromatic rings. The van der Waals surface area contributed by atoms with Crippen molar-refractivity contribution in [1.82, 2.24) is 5.32 Å². The molecule has 106 valence electrons. The summed E-state index contributed by atoms with van der Waals surface area (Å²) >= 11 is 0. The topological polar surface area (TPSA) is 12.0 Å². The second-order valence-electron chi connectivity index (χ2n) is 5.53. The minimum Gasteiger partial charge on any atom is -0.306 e. The summed E-state index contributed by atoms with van der Waals surface area (Å²) in [4.78, 5) is 0. The third-order valence-electron chi connectivity index (χ3n) is 3.80. The molecule has 0 amide bonds. The summed E-state index contributed by atoms with van der Waals surface area (Å²) in [5.41, 5.74) is 6.40. The van der Waals surface area contributed by atoms with Gasteiger partial charge >= 0.3 is 0 Å². The third-order valence-corrected chi connectivity index (χ3v) is 3.80. The largest absolute Gasteiger partial charge is 0.306 e. The summed E-state index contributed by atoms with van der Waals surface area (Å²) in [5, 5.41) is 3.51. The monoisotopic (exact) mass is 271 g/mol. The first-order chi connectivity index (χ1) is 9.47. The lowest BCUT2D eigenvalue weighted by atomic mass is 9.99. The molecule has 2 rings (SSSR count). The Kier molecular flexibility index (Phi) is 4.56. The molecule has 0 aliphatic rings. The number of rotatable bonds is 4. The fraction of sp³-hybridized carbons (Fsp3) is 0.333. The molecule has 0 spiro atoms. The van der Waals surface area contributed by atoms with Crippen LogP contribution in [0.4, 0.5) is 4.39 Å². The summed E-state index contributed by atoms with van der Waals surface area (Å²) in [7, 11) is 0. The molecule has 0 fully saturated rings. The highest BCUT2D eigenvalue weighted by atomic mass is 19.1. The Morgan fingerprint density at radius 1 is 1.00 bits per heavy atom. The number of hydrogen-bond acceptors (Lipinski definition) is 1. The number of hydrogen-bond donors (Lipinski definition) is 1. The highest BCUT2D eigenvalue weighted by molar-refractivity contribution is 5.37. The molecular formula is C18H22FN. The molecule has 0 saturated heterocycles. The van der Waals surface area contributed by atoms with E-state index < -0.39 is 0 Å². The fourth-order valence-corrected chi connectivity index (χ4v) is 2.61. The molecule has 0 heterocycles. The SMILES string of the molecule is Cc1cc(C)c(CN[C@H](C)c2ccc(F)cc2)c(C)c1. The molecule has 0 aliphatic heterocycles. The first-order valence-corrected chi connectivity index (χ1v) is 7.03. The lowest BCUT2D eigenvalue weighted by Gasteiger charge is -2.17. The lowest BCUT2D eigenvalue weighted by molar-refractivity contribution is 0.568. The van der Waals surface area contributed by atoms with Crippen molar-refractivity contribution in [3.63, 3.8) is 0 Å². The summed E-state index contributed by atoms with van der Waals surface area (Å²) in [6.07, 6.45) is 0. The number of halogens is 1. The van der Waals surface area contributed by atoms with Gasteiger partial charge in [0, 0.05) is 12.6 Å². The maximum atomic E-state index is 12.9. The summed E-state index contributed by atoms with van der Waals surface area (Å²) in [5.74, 6) is -0.189. The van der Waals surface area contributed by atoms with E-state index in [0.29, 0.717) is 0 Å². The summed E-state index contributed by atoms with van der Waals surface area (Å²) in [6.45, 7) is 9.36. The van der Waals surface area contributed by atoms with Crippen LogP contribution < -0.4 is 5.32 Å². The van der Waals surface area contributed by atoms with Crippen LogP contribution in [0, 0.1) is 26.6 Å². The highest BCUT2D eigenvalue weighted by Crippen LogP contribution is 2.18. The van der Waals surface area contributed by atoms with Crippen LogP contribution >= 0.6 is 0 Å². The van der Waals surface area contributed by atoms with Gasteiger partial charge < -0.3 is 5.32 Å². The molecule has 2 aromatic carbocycles. The molecule has 1 atom stereocenters. The van der Waals surface area contributed by atoms with Crippen LogP contribution in [0.25, 0.3) is 0 Å². The van der Waals surface area contributed by atoms with E-state index >= 15 is 0 Å². The Bertz CT molecular complexity index is 564. The highest BCUT2D eigenvalue weighted by Gasteiger charge is 2.08. The van der Waals surface area contributed by atoms with Gasteiger partial charge in [0.15, 0.2) is 0 Å². The molecule has 0 bridgehead atoms. The molecule has 0 unspecified atom stereocenters. The van der Waals surface area contributed by atoms with Gasteiger partial charge in [0.2, 0.25) is 0 Å². The Morgan fingerprint density at radius 2 is 1.55 bits per heavy atom. The van der Waals surface area contributed by atoms with E-state index in [1.165, 1.54) is 34.4 Å². The standard InChI is InChI=1S/C18H22FN/c1-12-9-13(2)18(14(3)10-12)11-20-15(4)16-5-7-17(19)8-6-16/h5-10,15,20H,11H2,1-4H3/t15-/m1/s1. The van der Waals surface area contributed by atoms with Gasteiger partial charge in [-0.25, -0.2) is 4.39 Å². The molecular weight excluding hydrogens is 249 g/mol. The van der Waals surface area contributed by atoms with Crippen molar-refractivity contribution in [2.24, 2.45) is 0 Å². The zero-order chi connectivity index (χ0) is 14.7. The van der Waals surface area contributed by atoms with Crippen molar-refractivity contribution in [1.29, 1.82) is 0 Å². The predicted molar refractivity (Wildman–Crippen MR) is 82.3 cm³/mol. The van der Waals surface area contributed by atoms with E-state index in [9.17, 15) is 4.39 Å². The van der Waals surface area contributed by atoms with Gasteiger partial charge in [0.25, 0.3) is 0 Å². The zero-order valence-electron chi connectivity index (χ0n) is 12.6. The molecule has 2 heteroatoms. The second-order valence-corrected chi connectivity index (χ2v) is 5.53. The van der Waals surface area contributed by atoms with Gasteiger partial charge in [-0.15, -0.1) is 0 Å². The van der Waals surface area contributed by atoms with Gasteiger partial charge in [-0.05, 0) is 62.1 Å². The van der Waals surface area contributed by atoms with Gasteiger partial charge in [-0.2, -0.15) is 0 Å². The summed E-state index contributed by atoms with van der Waals surface area (Å²) in [6, 6.07) is 11.3. The van der Waals surface area contributed by atoms with Crippen LogP contribution in [0.1, 0.15) is 40.8 Å². The van der Waals surface area contributed by atoms with E-state index in [2.05, 4.69) is 45.1 Å². The molecule has 1 nitrogen and oxygen atoms in total. The van der Waals surface area contributed by atoms with Crippen LogP contribution in [0.5, 0.6) is 0 Å². The number of benzene rings is 2. The van der Waals surface area contributed by atoms with Crippen molar-refractivity contribution in [2.45, 2.75) is 40.3 Å². The Hall–Kier alpha value is -1.67. The Morgan fingerprint density at radius 3 is 2.10 bits per heavy atom. The minimum absolute atomic E-state index is 0.189. The van der Waals surface area contributed by atoms with Crippen LogP contribution in [0.3, 0.4) is 0 Å². The fourth-order valence-electron chi connectivity index (χ4n) is 2.61. The number of aryl methyl sites for hydroxylation is 3. The normalized spacial score (nSPS) is 12.4. The average Bonchev–Trinajstić information content (AvgIpc) is 2.38. The minimum atomic E-state index is -0.189. The van der Waals surface area contributed by atoms with E-state index in [4.69, 9.17) is 0 Å². The first kappa shape index (κ1) is 14.7. The predicted octanol–water partition coefficient (Wildman–Crippen LogP) is 4.60. The van der Waals surface area contributed by atoms with Crippen LogP contribution in [-0.4, -0.2) is 0 Å². The van der Waals surface area contributed by atoms with Crippen LogP contribution in [0.15, 0.2) is 36.4 Å². The zero-order valence-corrected chi connectivity index (χ0v) is 12.6. The average molecular weight is 271 g/mol. The lowest BCUT2D eigenvalue weighted by Crippen LogP contribution is -2.19. The maximum Gasteiger partial charge on any atom is 0.123 e. The van der Waals surface area contributed by atoms with Crippen LogP contribution in [0.2, 0.25) is 0 Å². The molecule has 0 aromatic heterocycles. The molecule has 1 N–H and O–H groups in total. The van der Waals surface area contributed by atoms with Crippen molar-refractivity contribution >= 4 is 0 Å². The van der Waals surface area contributed by atoms with E-state index in [1.807, 2.05) is 12.1 Å². The summed E-state index contributed by atoms with van der Waals surface area (Å²) < 4.78 is 12.9. The van der Waals surface area contributed by atoms with Crippen molar-refractivity contribution in [2.75, 3.05) is 0 Å². The Labute approximate surface area is 120 Å². The molecule has 0 radical (unpaired) electrons. The van der Waals surface area contributed by atoms with Gasteiger partial charge in [0.05, 0.1) is 0 Å². The smallest absolute Gasteiger partial charge is 0.123 e. The van der Waals surface area contributed by atoms with Crippen molar-refractivity contribution < 1.29 is 4.39 Å². The van der Waals surface area contributed by atoms with Crippen LogP contribution in [-0.2, 0) is 6.54 Å². The van der Waals surface area contributed by atoms with E-state index in [0.717, 1.165) is 12.1 Å². The second kappa shape index (κ2) is 6.19. The molecule has 0 saturated carbocycles. The van der Waals surface area contributed by atoms with Gasteiger partial charge in [-0.3, -0.25) is 0 Å². The Balaban J connectivity index is 2.07. The molecule has 20 heavy (non-hydrogen) atoms. The van der Waals surface area contributed by atoms with E-state index in [-0.39, 0.29) is 11.9 Å².